The highest BCUT2D eigenvalue weighted by Gasteiger charge is 2.29. The number of carbonyl (C=O) groups is 1. The van der Waals surface area contributed by atoms with Crippen LogP contribution in [0.15, 0.2) is 36.0 Å². The summed E-state index contributed by atoms with van der Waals surface area (Å²) in [6, 6.07) is 9.10. The van der Waals surface area contributed by atoms with Crippen LogP contribution in [0, 0.1) is 5.92 Å². The molecule has 0 bridgehead atoms. The van der Waals surface area contributed by atoms with E-state index < -0.39 is 0 Å². The van der Waals surface area contributed by atoms with E-state index in [0.29, 0.717) is 19.0 Å². The predicted molar refractivity (Wildman–Crippen MR) is 142 cm³/mol. The van der Waals surface area contributed by atoms with Gasteiger partial charge in [0.25, 0.3) is 0 Å². The Hall–Kier alpha value is -2.75. The summed E-state index contributed by atoms with van der Waals surface area (Å²) in [5, 5.41) is 2.91. The SMILES string of the molecule is CC(Oc1cc(-c2ccc(N3CCN(C4CCOCC4)CC3)cn2)cc2ncsc12)C1CNC(=O)C1. The molecule has 0 spiro atoms. The van der Waals surface area contributed by atoms with Crippen LogP contribution in [0.2, 0.25) is 0 Å². The molecule has 3 aliphatic heterocycles. The number of aromatic nitrogens is 2. The summed E-state index contributed by atoms with van der Waals surface area (Å²) in [4.78, 5) is 26.1. The van der Waals surface area contributed by atoms with Gasteiger partial charge < -0.3 is 19.7 Å². The van der Waals surface area contributed by atoms with E-state index in [1.54, 1.807) is 11.3 Å². The van der Waals surface area contributed by atoms with Crippen LogP contribution in [-0.4, -0.2) is 78.9 Å². The van der Waals surface area contributed by atoms with Crippen LogP contribution < -0.4 is 15.0 Å². The predicted octanol–water partition coefficient (Wildman–Crippen LogP) is 3.56. The monoisotopic (exact) mass is 507 g/mol. The van der Waals surface area contributed by atoms with E-state index in [4.69, 9.17) is 14.5 Å². The number of piperazine rings is 1. The molecule has 3 aromatic rings. The standard InChI is InChI=1S/C27H33N5O3S/c1-18(20-14-26(33)29-15-20)35-25-13-19(12-24-27(25)36-17-30-24)23-3-2-22(16-28-23)32-8-6-31(7-9-32)21-4-10-34-11-5-21/h2-3,12-13,16-18,20-21H,4-11,14-15H2,1H3,(H,29,33). The average Bonchev–Trinajstić information content (AvgIpc) is 3.59. The van der Waals surface area contributed by atoms with E-state index in [1.807, 2.05) is 18.6 Å². The molecule has 190 valence electrons. The first-order valence-corrected chi connectivity index (χ1v) is 13.9. The zero-order valence-corrected chi connectivity index (χ0v) is 21.5. The van der Waals surface area contributed by atoms with Crippen LogP contribution >= 0.6 is 11.3 Å². The van der Waals surface area contributed by atoms with Crippen LogP contribution in [0.25, 0.3) is 21.5 Å². The Morgan fingerprint density at radius 3 is 2.69 bits per heavy atom. The minimum absolute atomic E-state index is 0.0698. The number of thiazole rings is 1. The molecular weight excluding hydrogens is 474 g/mol. The van der Waals surface area contributed by atoms with Gasteiger partial charge in [0.15, 0.2) is 0 Å². The summed E-state index contributed by atoms with van der Waals surface area (Å²) in [5.41, 5.74) is 5.83. The molecule has 0 aliphatic carbocycles. The zero-order valence-electron chi connectivity index (χ0n) is 20.7. The van der Waals surface area contributed by atoms with E-state index >= 15 is 0 Å². The summed E-state index contributed by atoms with van der Waals surface area (Å²) >= 11 is 1.58. The Kier molecular flexibility index (Phi) is 6.77. The molecule has 1 N–H and O–H groups in total. The van der Waals surface area contributed by atoms with Gasteiger partial charge in [0.05, 0.1) is 33.3 Å². The summed E-state index contributed by atoms with van der Waals surface area (Å²) in [6.45, 7) is 8.73. The molecule has 0 radical (unpaired) electrons. The van der Waals surface area contributed by atoms with Gasteiger partial charge in [-0.05, 0) is 44.0 Å². The number of hydrogen-bond donors (Lipinski definition) is 1. The number of nitrogens with one attached hydrogen (secondary N) is 1. The number of anilines is 1. The topological polar surface area (TPSA) is 79.8 Å². The second-order valence-corrected chi connectivity index (χ2v) is 10.9. The largest absolute Gasteiger partial charge is 0.489 e. The van der Waals surface area contributed by atoms with Gasteiger partial charge in [0.2, 0.25) is 5.91 Å². The molecular formula is C27H33N5O3S. The third kappa shape index (κ3) is 4.92. The second-order valence-electron chi connectivity index (χ2n) is 10.0. The lowest BCUT2D eigenvalue weighted by molar-refractivity contribution is -0.119. The second kappa shape index (κ2) is 10.3. The molecule has 3 aliphatic rings. The number of benzene rings is 1. The van der Waals surface area contributed by atoms with Crippen molar-refractivity contribution < 1.29 is 14.3 Å². The highest BCUT2D eigenvalue weighted by atomic mass is 32.1. The fraction of sp³-hybridized carbons (Fsp3) is 0.519. The number of hydrogen-bond acceptors (Lipinski definition) is 8. The maximum Gasteiger partial charge on any atom is 0.220 e. The van der Waals surface area contributed by atoms with Gasteiger partial charge in [0.1, 0.15) is 11.9 Å². The Balaban J connectivity index is 1.15. The van der Waals surface area contributed by atoms with Crippen molar-refractivity contribution in [2.75, 3.05) is 50.8 Å². The molecule has 3 fully saturated rings. The third-order valence-electron chi connectivity index (χ3n) is 7.81. The van der Waals surface area contributed by atoms with E-state index in [2.05, 4.69) is 44.4 Å². The minimum Gasteiger partial charge on any atom is -0.489 e. The Morgan fingerprint density at radius 1 is 1.14 bits per heavy atom. The quantitative estimate of drug-likeness (QED) is 0.547. The normalized spacial score (nSPS) is 22.6. The van der Waals surface area contributed by atoms with Crippen molar-refractivity contribution in [2.24, 2.45) is 5.92 Å². The van der Waals surface area contributed by atoms with Gasteiger partial charge in [-0.3, -0.25) is 14.7 Å². The molecule has 1 amide bonds. The number of amides is 1. The molecule has 9 heteroatoms. The zero-order chi connectivity index (χ0) is 24.5. The Bertz CT molecular complexity index is 1200. The number of carbonyl (C=O) groups excluding carboxylic acids is 1. The molecule has 8 nitrogen and oxygen atoms in total. The lowest BCUT2D eigenvalue weighted by Crippen LogP contribution is -2.51. The summed E-state index contributed by atoms with van der Waals surface area (Å²) in [7, 11) is 0. The molecule has 1 aromatic carbocycles. The van der Waals surface area contributed by atoms with Crippen LogP contribution in [-0.2, 0) is 9.53 Å². The molecule has 6 rings (SSSR count). The molecule has 5 heterocycles. The summed E-state index contributed by atoms with van der Waals surface area (Å²) < 4.78 is 12.9. The molecule has 2 atom stereocenters. The molecule has 0 saturated carbocycles. The van der Waals surface area contributed by atoms with Crippen molar-refractivity contribution in [1.29, 1.82) is 0 Å². The molecule has 2 aromatic heterocycles. The van der Waals surface area contributed by atoms with Gasteiger partial charge in [-0.2, -0.15) is 0 Å². The number of rotatable bonds is 6. The first-order chi connectivity index (χ1) is 17.6. The van der Waals surface area contributed by atoms with Gasteiger partial charge in [-0.1, -0.05) is 0 Å². The minimum atomic E-state index is -0.0698. The number of pyridine rings is 1. The van der Waals surface area contributed by atoms with Crippen molar-refractivity contribution in [1.82, 2.24) is 20.2 Å². The van der Waals surface area contributed by atoms with E-state index in [1.165, 1.54) is 5.69 Å². The van der Waals surface area contributed by atoms with E-state index in [9.17, 15) is 4.79 Å². The van der Waals surface area contributed by atoms with Crippen molar-refractivity contribution in [3.05, 3.63) is 36.0 Å². The van der Waals surface area contributed by atoms with Crippen LogP contribution in [0.3, 0.4) is 0 Å². The van der Waals surface area contributed by atoms with Gasteiger partial charge in [-0.25, -0.2) is 4.98 Å². The number of ether oxygens (including phenoxy) is 2. The maximum absolute atomic E-state index is 11.7. The van der Waals surface area contributed by atoms with Gasteiger partial charge in [-0.15, -0.1) is 11.3 Å². The van der Waals surface area contributed by atoms with Crippen LogP contribution in [0.1, 0.15) is 26.2 Å². The first-order valence-electron chi connectivity index (χ1n) is 13.0. The van der Waals surface area contributed by atoms with Gasteiger partial charge in [0, 0.05) is 69.9 Å². The maximum atomic E-state index is 11.7. The van der Waals surface area contributed by atoms with Crippen LogP contribution in [0.4, 0.5) is 5.69 Å². The van der Waals surface area contributed by atoms with Crippen molar-refractivity contribution in [3.63, 3.8) is 0 Å². The average molecular weight is 508 g/mol. The third-order valence-corrected chi connectivity index (χ3v) is 8.67. The lowest BCUT2D eigenvalue weighted by atomic mass is 10.0. The van der Waals surface area contributed by atoms with Crippen molar-refractivity contribution in [2.45, 2.75) is 38.3 Å². The summed E-state index contributed by atoms with van der Waals surface area (Å²) in [6.07, 6.45) is 4.74. The molecule has 36 heavy (non-hydrogen) atoms. The van der Waals surface area contributed by atoms with Crippen molar-refractivity contribution >= 4 is 33.1 Å². The van der Waals surface area contributed by atoms with E-state index in [0.717, 1.165) is 79.5 Å². The van der Waals surface area contributed by atoms with E-state index in [-0.39, 0.29) is 17.9 Å². The number of nitrogens with zero attached hydrogens (tertiary/aromatic N) is 4. The summed E-state index contributed by atoms with van der Waals surface area (Å²) in [5.74, 6) is 1.09. The number of fused-ring (bicyclic) bond motifs is 1. The smallest absolute Gasteiger partial charge is 0.220 e. The first kappa shape index (κ1) is 23.6. The Morgan fingerprint density at radius 2 is 1.97 bits per heavy atom. The fourth-order valence-electron chi connectivity index (χ4n) is 5.57. The molecule has 2 unspecified atom stereocenters. The molecule has 3 saturated heterocycles. The highest BCUT2D eigenvalue weighted by molar-refractivity contribution is 7.17. The van der Waals surface area contributed by atoms with Crippen LogP contribution in [0.5, 0.6) is 5.75 Å². The highest BCUT2D eigenvalue weighted by Crippen LogP contribution is 2.36. The Labute approximate surface area is 215 Å². The van der Waals surface area contributed by atoms with Crippen molar-refractivity contribution in [3.8, 4) is 17.0 Å². The van der Waals surface area contributed by atoms with Gasteiger partial charge >= 0.3 is 0 Å². The fourth-order valence-corrected chi connectivity index (χ4v) is 6.30. The lowest BCUT2D eigenvalue weighted by Gasteiger charge is -2.41.